The molecule has 0 aliphatic carbocycles. The van der Waals surface area contributed by atoms with Crippen molar-refractivity contribution in [3.63, 3.8) is 0 Å². The number of carbonyl (C=O) groups excluding carboxylic acids is 1. The molecule has 0 aromatic rings. The van der Waals surface area contributed by atoms with Crippen molar-refractivity contribution in [3.05, 3.63) is 0 Å². The Hall–Kier alpha value is 0.396. The van der Waals surface area contributed by atoms with Crippen molar-refractivity contribution in [2.75, 3.05) is 13.7 Å². The van der Waals surface area contributed by atoms with Crippen LogP contribution in [0.25, 0.3) is 0 Å². The minimum absolute atomic E-state index is 0. The zero-order valence-corrected chi connectivity index (χ0v) is 3.81. The molecule has 0 fully saturated rings. The molecule has 3 heteroatoms. The topological polar surface area (TPSA) is 26.3 Å². The zero-order chi connectivity index (χ0) is 4.83. The Balaban J connectivity index is 0. The Labute approximate surface area is 59.4 Å². The molecule has 0 heterocycles. The molecule has 7 heavy (non-hydrogen) atoms. The van der Waals surface area contributed by atoms with Gasteiger partial charge in [0.05, 0.1) is 6.61 Å². The zero-order valence-electron chi connectivity index (χ0n) is 3.81. The van der Waals surface area contributed by atoms with Crippen molar-refractivity contribution in [2.24, 2.45) is 0 Å². The molecule has 0 N–H and O–H groups in total. The van der Waals surface area contributed by atoms with E-state index in [1.54, 1.807) is 7.11 Å². The fourth-order valence-electron chi connectivity index (χ4n) is 0.166. The molecule has 0 spiro atoms. The molecule has 0 bridgehead atoms. The predicted octanol–water partition coefficient (Wildman–Crippen LogP) is -0.694. The van der Waals surface area contributed by atoms with E-state index >= 15 is 0 Å². The van der Waals surface area contributed by atoms with Gasteiger partial charge in [-0.1, -0.05) is 0 Å². The number of ether oxygens (including phenoxy) is 1. The normalized spacial score (nSPS) is 7.00. The quantitative estimate of drug-likeness (QED) is 0.276. The van der Waals surface area contributed by atoms with Crippen LogP contribution in [-0.4, -0.2) is 43.1 Å². The molecule has 0 aliphatic rings. The average molecular weight is 114 g/mol. The lowest BCUT2D eigenvalue weighted by Gasteiger charge is -1.84. The van der Waals surface area contributed by atoms with Crippen LogP contribution in [0, 0.1) is 0 Å². The number of methoxy groups -OCH3 is 1. The summed E-state index contributed by atoms with van der Waals surface area (Å²) >= 11 is 0. The van der Waals surface area contributed by atoms with Gasteiger partial charge in [0.1, 0.15) is 6.29 Å². The Morgan fingerprint density at radius 3 is 2.43 bits per heavy atom. The van der Waals surface area contributed by atoms with Crippen molar-refractivity contribution in [3.8, 4) is 0 Å². The Morgan fingerprint density at radius 2 is 2.29 bits per heavy atom. The lowest BCUT2D eigenvalue weighted by Crippen LogP contribution is -1.86. The Morgan fingerprint density at radius 1 is 1.71 bits per heavy atom. The summed E-state index contributed by atoms with van der Waals surface area (Å²) in [4.78, 5) is 9.48. The first-order chi connectivity index (χ1) is 2.91. The van der Waals surface area contributed by atoms with Gasteiger partial charge in [-0.05, 0) is 0 Å². The summed E-state index contributed by atoms with van der Waals surface area (Å²) in [6.07, 6.45) is 1.35. The van der Waals surface area contributed by atoms with Crippen LogP contribution in [0.15, 0.2) is 0 Å². The van der Waals surface area contributed by atoms with Crippen molar-refractivity contribution >= 4 is 29.3 Å². The highest BCUT2D eigenvalue weighted by Gasteiger charge is 1.74. The maximum Gasteiger partial charge on any atom is 0.316 e. The molecule has 0 saturated heterocycles. The molecule has 0 aromatic carbocycles. The van der Waals surface area contributed by atoms with Crippen LogP contribution in [0.5, 0.6) is 0 Å². The number of carbonyl (C=O) groups is 1. The van der Waals surface area contributed by atoms with Gasteiger partial charge in [0.15, 0.2) is 0 Å². The third-order valence-corrected chi connectivity index (χ3v) is 0.440. The third kappa shape index (κ3) is 10.7. The van der Waals surface area contributed by atoms with Crippen LogP contribution in [0.3, 0.4) is 0 Å². The second-order valence-corrected chi connectivity index (χ2v) is 0.948. The molecular weight excluding hydrogens is 104 g/mol. The van der Waals surface area contributed by atoms with E-state index in [9.17, 15) is 4.79 Å². The maximum absolute atomic E-state index is 9.48. The first-order valence-corrected chi connectivity index (χ1v) is 1.84. The highest BCUT2D eigenvalue weighted by molar-refractivity contribution is 5.75. The number of rotatable bonds is 3. The molecule has 0 unspecified atom stereocenters. The van der Waals surface area contributed by atoms with Crippen molar-refractivity contribution in [1.82, 2.24) is 0 Å². The molecule has 0 aliphatic heterocycles. The van der Waals surface area contributed by atoms with E-state index in [1.807, 2.05) is 0 Å². The number of hydrogen-bond donors (Lipinski definition) is 0. The van der Waals surface area contributed by atoms with Gasteiger partial charge in [-0.25, -0.2) is 0 Å². The fourth-order valence-corrected chi connectivity index (χ4v) is 0.166. The average Bonchev–Trinajstić information content (AvgIpc) is 1.61. The largest absolute Gasteiger partial charge is 0.384 e. The van der Waals surface area contributed by atoms with Crippen LogP contribution in [-0.2, 0) is 9.53 Å². The van der Waals surface area contributed by atoms with Crippen LogP contribution >= 0.6 is 0 Å². The molecule has 0 radical (unpaired) electrons. The molecule has 0 amide bonds. The summed E-state index contributed by atoms with van der Waals surface area (Å²) in [5.74, 6) is 0. The van der Waals surface area contributed by atoms with Crippen LogP contribution < -0.4 is 0 Å². The van der Waals surface area contributed by atoms with Gasteiger partial charge in [0, 0.05) is 13.5 Å². The molecule has 0 atom stereocenters. The van der Waals surface area contributed by atoms with Gasteiger partial charge in [-0.2, -0.15) is 0 Å². The summed E-state index contributed by atoms with van der Waals surface area (Å²) in [5.41, 5.74) is 0. The van der Waals surface area contributed by atoms with E-state index in [-0.39, 0.29) is 23.1 Å². The van der Waals surface area contributed by atoms with Crippen molar-refractivity contribution < 1.29 is 9.53 Å². The lowest BCUT2D eigenvalue weighted by molar-refractivity contribution is -0.108. The van der Waals surface area contributed by atoms with E-state index in [2.05, 4.69) is 4.74 Å². The van der Waals surface area contributed by atoms with E-state index in [0.29, 0.717) is 13.0 Å². The lowest BCUT2D eigenvalue weighted by atomic mass is 10.5. The van der Waals surface area contributed by atoms with Crippen LogP contribution in [0.4, 0.5) is 0 Å². The minimum atomic E-state index is 0. The fraction of sp³-hybridized carbons (Fsp3) is 0.750. The summed E-state index contributed by atoms with van der Waals surface area (Å²) in [7, 11) is 1.57. The van der Waals surface area contributed by atoms with Crippen LogP contribution in [0.2, 0.25) is 0 Å². The molecule has 0 rings (SSSR count). The molecule has 0 saturated carbocycles. The van der Waals surface area contributed by atoms with Gasteiger partial charge in [0.25, 0.3) is 0 Å². The molecular formula is C4H10MgO2. The third-order valence-electron chi connectivity index (χ3n) is 0.440. The first-order valence-electron chi connectivity index (χ1n) is 1.84. The van der Waals surface area contributed by atoms with Gasteiger partial charge in [-0.15, -0.1) is 0 Å². The number of hydrogen-bond acceptors (Lipinski definition) is 2. The summed E-state index contributed by atoms with van der Waals surface area (Å²) < 4.78 is 4.55. The molecule has 2 nitrogen and oxygen atoms in total. The standard InChI is InChI=1S/C4H8O2.Mg.2H/c1-6-4-2-3-5;;;/h3H,2,4H2,1H3;;;. The highest BCUT2D eigenvalue weighted by atomic mass is 24.3. The van der Waals surface area contributed by atoms with Gasteiger partial charge < -0.3 is 9.53 Å². The maximum atomic E-state index is 9.48. The van der Waals surface area contributed by atoms with Gasteiger partial charge in [0.2, 0.25) is 0 Å². The second-order valence-electron chi connectivity index (χ2n) is 0.948. The van der Waals surface area contributed by atoms with Crippen molar-refractivity contribution in [1.29, 1.82) is 0 Å². The van der Waals surface area contributed by atoms with Gasteiger partial charge >= 0.3 is 23.1 Å². The summed E-state index contributed by atoms with van der Waals surface area (Å²) in [6, 6.07) is 0. The monoisotopic (exact) mass is 114 g/mol. The smallest absolute Gasteiger partial charge is 0.316 e. The first kappa shape index (κ1) is 10.4. The highest BCUT2D eigenvalue weighted by Crippen LogP contribution is 1.68. The summed E-state index contributed by atoms with van der Waals surface area (Å²) in [6.45, 7) is 0.545. The van der Waals surface area contributed by atoms with E-state index < -0.39 is 0 Å². The second kappa shape index (κ2) is 9.64. The SMILES string of the molecule is COCCC=O.[MgH2]. The van der Waals surface area contributed by atoms with Crippen molar-refractivity contribution in [2.45, 2.75) is 6.42 Å². The Bertz CT molecular complexity index is 38.7. The number of aldehydes is 1. The summed E-state index contributed by atoms with van der Waals surface area (Å²) in [5, 5.41) is 0. The molecule has 0 aromatic heterocycles. The van der Waals surface area contributed by atoms with E-state index in [4.69, 9.17) is 0 Å². The van der Waals surface area contributed by atoms with Gasteiger partial charge in [-0.3, -0.25) is 0 Å². The van der Waals surface area contributed by atoms with E-state index in [0.717, 1.165) is 6.29 Å². The van der Waals surface area contributed by atoms with E-state index in [1.165, 1.54) is 0 Å². The molecule has 40 valence electrons. The predicted molar refractivity (Wildman–Crippen MR) is 31.1 cm³/mol. The Kier molecular flexibility index (Phi) is 14.3. The minimum Gasteiger partial charge on any atom is -0.384 e. The van der Waals surface area contributed by atoms with Crippen LogP contribution in [0.1, 0.15) is 6.42 Å².